The van der Waals surface area contributed by atoms with E-state index in [9.17, 15) is 9.59 Å². The maximum absolute atomic E-state index is 11.6. The number of hydrogen-bond acceptors (Lipinski definition) is 5. The number of carbonyl (C=O) groups is 2. The molecule has 1 atom stereocenters. The van der Waals surface area contributed by atoms with Crippen LogP contribution in [-0.4, -0.2) is 24.1 Å². The van der Waals surface area contributed by atoms with Gasteiger partial charge < -0.3 is 10.1 Å². The van der Waals surface area contributed by atoms with Crippen LogP contribution >= 0.6 is 11.6 Å². The molecule has 0 saturated heterocycles. The van der Waals surface area contributed by atoms with Gasteiger partial charge in [-0.15, -0.1) is 0 Å². The van der Waals surface area contributed by atoms with Gasteiger partial charge in [0.2, 0.25) is 0 Å². The van der Waals surface area contributed by atoms with Crippen LogP contribution in [0.25, 0.3) is 0 Å². The fourth-order valence-corrected chi connectivity index (χ4v) is 1.52. The van der Waals surface area contributed by atoms with Gasteiger partial charge in [-0.3, -0.25) is 4.79 Å². The van der Waals surface area contributed by atoms with Crippen LogP contribution in [0.2, 0.25) is 5.02 Å². The Kier molecular flexibility index (Phi) is 5.22. The summed E-state index contributed by atoms with van der Waals surface area (Å²) in [5.41, 5.74) is 0.145. The Morgan fingerprint density at radius 3 is 2.74 bits per heavy atom. The van der Waals surface area contributed by atoms with Gasteiger partial charge in [-0.1, -0.05) is 17.7 Å². The lowest BCUT2D eigenvalue weighted by Gasteiger charge is -2.07. The Balaban J connectivity index is 2.63. The summed E-state index contributed by atoms with van der Waals surface area (Å²) in [6.07, 6.45) is 0. The Hall–Kier alpha value is -2.19. The van der Waals surface area contributed by atoms with E-state index < -0.39 is 24.3 Å². The number of rotatable bonds is 5. The van der Waals surface area contributed by atoms with Crippen LogP contribution in [0.5, 0.6) is 0 Å². The minimum absolute atomic E-state index is 0.0775. The number of carbonyl (C=O) groups excluding carboxylic acids is 2. The molecular formula is C13H11ClN2O3. The number of nitriles is 1. The van der Waals surface area contributed by atoms with Crippen molar-refractivity contribution in [3.05, 3.63) is 34.9 Å². The van der Waals surface area contributed by atoms with Crippen molar-refractivity contribution in [2.24, 2.45) is 5.92 Å². The minimum atomic E-state index is -1.17. The van der Waals surface area contributed by atoms with Gasteiger partial charge in [-0.2, -0.15) is 5.26 Å². The second-order valence-corrected chi connectivity index (χ2v) is 4.23. The second kappa shape index (κ2) is 6.66. The average molecular weight is 279 g/mol. The molecule has 0 saturated carbocycles. The topological polar surface area (TPSA) is 91.0 Å². The quantitative estimate of drug-likeness (QED) is 0.660. The molecule has 1 N–H and O–H groups in total. The van der Waals surface area contributed by atoms with E-state index in [-0.39, 0.29) is 11.3 Å². The number of halogens is 1. The first-order chi connectivity index (χ1) is 8.95. The van der Waals surface area contributed by atoms with E-state index in [0.717, 1.165) is 0 Å². The number of benzene rings is 1. The van der Waals surface area contributed by atoms with Gasteiger partial charge in [0, 0.05) is 10.7 Å². The fourth-order valence-electron chi connectivity index (χ4n) is 1.33. The zero-order valence-corrected chi connectivity index (χ0v) is 10.9. The molecule has 1 rings (SSSR count). The third kappa shape index (κ3) is 4.19. The van der Waals surface area contributed by atoms with E-state index in [1.807, 2.05) is 0 Å². The lowest BCUT2D eigenvalue weighted by Crippen LogP contribution is -2.25. The van der Waals surface area contributed by atoms with E-state index in [1.165, 1.54) is 19.1 Å². The number of nitrogens with zero attached hydrogens (tertiary/aromatic N) is 1. The molecule has 98 valence electrons. The fraction of sp³-hybridized carbons (Fsp3) is 0.231. The molecule has 1 aromatic carbocycles. The highest BCUT2D eigenvalue weighted by Gasteiger charge is 2.21. The molecule has 0 spiro atoms. The molecule has 0 fully saturated rings. The van der Waals surface area contributed by atoms with Gasteiger partial charge in [0.1, 0.15) is 5.92 Å². The highest BCUT2D eigenvalue weighted by atomic mass is 35.5. The zero-order chi connectivity index (χ0) is 14.4. The van der Waals surface area contributed by atoms with E-state index in [4.69, 9.17) is 27.0 Å². The van der Waals surface area contributed by atoms with Crippen LogP contribution in [-0.2, 0) is 9.53 Å². The van der Waals surface area contributed by atoms with Crippen molar-refractivity contribution in [1.29, 1.82) is 10.7 Å². The zero-order valence-electron chi connectivity index (χ0n) is 10.1. The van der Waals surface area contributed by atoms with Crippen LogP contribution in [0, 0.1) is 22.7 Å². The number of Topliss-reactive ketones (excluding diaryl/α,β-unsaturated/α-hetero) is 1. The summed E-state index contributed by atoms with van der Waals surface area (Å²) in [5, 5.41) is 16.4. The van der Waals surface area contributed by atoms with E-state index in [2.05, 4.69) is 0 Å². The number of hydrogen-bond donors (Lipinski definition) is 1. The highest BCUT2D eigenvalue weighted by Crippen LogP contribution is 2.11. The van der Waals surface area contributed by atoms with Crippen molar-refractivity contribution in [2.75, 3.05) is 6.61 Å². The van der Waals surface area contributed by atoms with Crippen molar-refractivity contribution in [2.45, 2.75) is 6.92 Å². The summed E-state index contributed by atoms with van der Waals surface area (Å²) in [6.45, 7) is 0.810. The predicted molar refractivity (Wildman–Crippen MR) is 69.2 cm³/mol. The summed E-state index contributed by atoms with van der Waals surface area (Å²) in [4.78, 5) is 23.2. The van der Waals surface area contributed by atoms with Crippen LogP contribution in [0.1, 0.15) is 17.3 Å². The Bertz CT molecular complexity index is 563. The van der Waals surface area contributed by atoms with Crippen molar-refractivity contribution in [1.82, 2.24) is 0 Å². The largest absolute Gasteiger partial charge is 0.454 e. The first-order valence-electron chi connectivity index (χ1n) is 5.35. The summed E-state index contributed by atoms with van der Waals surface area (Å²) in [7, 11) is 0. The van der Waals surface area contributed by atoms with Crippen molar-refractivity contribution >= 4 is 29.1 Å². The molecular weight excluding hydrogens is 268 g/mol. The molecule has 0 radical (unpaired) electrons. The first-order valence-corrected chi connectivity index (χ1v) is 5.73. The van der Waals surface area contributed by atoms with E-state index >= 15 is 0 Å². The van der Waals surface area contributed by atoms with Crippen molar-refractivity contribution in [3.8, 4) is 6.07 Å². The van der Waals surface area contributed by atoms with Gasteiger partial charge in [-0.25, -0.2) is 4.79 Å². The molecule has 5 nitrogen and oxygen atoms in total. The summed E-state index contributed by atoms with van der Waals surface area (Å²) in [5.74, 6) is -2.49. The predicted octanol–water partition coefficient (Wildman–Crippen LogP) is 2.25. The summed E-state index contributed by atoms with van der Waals surface area (Å²) >= 11 is 5.72. The van der Waals surface area contributed by atoms with Crippen LogP contribution in [0.3, 0.4) is 0 Å². The van der Waals surface area contributed by atoms with Gasteiger partial charge in [0.05, 0.1) is 11.6 Å². The number of esters is 1. The molecule has 6 heteroatoms. The van der Waals surface area contributed by atoms with Crippen LogP contribution in [0.4, 0.5) is 0 Å². The SMILES string of the molecule is CC(=N)C(C#N)C(=O)COC(=O)c1cccc(Cl)c1. The maximum atomic E-state index is 11.6. The monoisotopic (exact) mass is 278 g/mol. The molecule has 0 aromatic heterocycles. The summed E-state index contributed by atoms with van der Waals surface area (Å²) < 4.78 is 4.78. The van der Waals surface area contributed by atoms with E-state index in [0.29, 0.717) is 5.02 Å². The smallest absolute Gasteiger partial charge is 0.338 e. The Labute approximate surface area is 115 Å². The van der Waals surface area contributed by atoms with Crippen LogP contribution in [0.15, 0.2) is 24.3 Å². The van der Waals surface area contributed by atoms with Gasteiger partial charge in [0.15, 0.2) is 12.4 Å². The highest BCUT2D eigenvalue weighted by molar-refractivity contribution is 6.30. The number of ketones is 1. The molecule has 0 heterocycles. The molecule has 19 heavy (non-hydrogen) atoms. The Morgan fingerprint density at radius 1 is 1.53 bits per heavy atom. The second-order valence-electron chi connectivity index (χ2n) is 3.80. The average Bonchev–Trinajstić information content (AvgIpc) is 2.36. The molecule has 0 aliphatic heterocycles. The molecule has 1 aromatic rings. The molecule has 0 aliphatic carbocycles. The van der Waals surface area contributed by atoms with Gasteiger partial charge in [0.25, 0.3) is 0 Å². The third-order valence-corrected chi connectivity index (χ3v) is 2.53. The van der Waals surface area contributed by atoms with Crippen molar-refractivity contribution < 1.29 is 14.3 Å². The number of nitrogens with one attached hydrogen (secondary N) is 1. The normalized spacial score (nSPS) is 11.2. The van der Waals surface area contributed by atoms with Crippen LogP contribution < -0.4 is 0 Å². The molecule has 0 aliphatic rings. The number of ether oxygens (including phenoxy) is 1. The van der Waals surface area contributed by atoms with Gasteiger partial charge in [-0.05, 0) is 25.1 Å². The van der Waals surface area contributed by atoms with Gasteiger partial charge >= 0.3 is 5.97 Å². The van der Waals surface area contributed by atoms with E-state index in [1.54, 1.807) is 18.2 Å². The first kappa shape index (κ1) is 14.9. The summed E-state index contributed by atoms with van der Waals surface area (Å²) in [6, 6.07) is 7.79. The standard InChI is InChI=1S/C13H11ClN2O3/c1-8(16)11(6-15)12(17)7-19-13(18)9-3-2-4-10(14)5-9/h2-5,11,16H,7H2,1H3. The molecule has 1 unspecified atom stereocenters. The molecule has 0 bridgehead atoms. The Morgan fingerprint density at radius 2 is 2.21 bits per heavy atom. The third-order valence-electron chi connectivity index (χ3n) is 2.29. The minimum Gasteiger partial charge on any atom is -0.454 e. The molecule has 0 amide bonds. The van der Waals surface area contributed by atoms with Crippen molar-refractivity contribution in [3.63, 3.8) is 0 Å². The lowest BCUT2D eigenvalue weighted by molar-refractivity contribution is -0.122. The lowest BCUT2D eigenvalue weighted by atomic mass is 10.0. The maximum Gasteiger partial charge on any atom is 0.338 e.